The minimum atomic E-state index is 0.594. The Hall–Kier alpha value is -2.12. The Morgan fingerprint density at radius 1 is 0.875 bits per heavy atom. The van der Waals surface area contributed by atoms with E-state index in [1.54, 1.807) is 0 Å². The van der Waals surface area contributed by atoms with E-state index in [1.165, 1.54) is 49.2 Å². The monoisotopic (exact) mass is 317 g/mol. The highest BCUT2D eigenvalue weighted by atomic mass is 15.1. The minimum Gasteiger partial charge on any atom is -0.303 e. The molecule has 24 heavy (non-hydrogen) atoms. The SMILES string of the molecule is CC(CN1CCCC1)c1cccc(C=CC=Cc2ccccc2)c1. The average Bonchev–Trinajstić information content (AvgIpc) is 3.13. The van der Waals surface area contributed by atoms with Gasteiger partial charge in [0.25, 0.3) is 0 Å². The lowest BCUT2D eigenvalue weighted by Crippen LogP contribution is -2.24. The van der Waals surface area contributed by atoms with E-state index in [0.29, 0.717) is 5.92 Å². The number of benzene rings is 2. The molecule has 0 bridgehead atoms. The minimum absolute atomic E-state index is 0.594. The van der Waals surface area contributed by atoms with Gasteiger partial charge >= 0.3 is 0 Å². The first kappa shape index (κ1) is 16.7. The van der Waals surface area contributed by atoms with E-state index < -0.39 is 0 Å². The molecule has 124 valence electrons. The maximum absolute atomic E-state index is 2.59. The fraction of sp³-hybridized carbons (Fsp3) is 0.304. The molecule has 0 saturated carbocycles. The number of hydrogen-bond donors (Lipinski definition) is 0. The molecule has 0 aliphatic carbocycles. The quantitative estimate of drug-likeness (QED) is 0.626. The molecule has 1 saturated heterocycles. The standard InChI is InChI=1S/C23H27N/c1-20(19-24-16-7-8-17-24)23-15-9-14-22(18-23)13-6-5-12-21-10-3-2-4-11-21/h2-6,9-15,18,20H,7-8,16-17,19H2,1H3. The number of rotatable bonds is 6. The molecule has 1 aliphatic rings. The molecule has 1 nitrogen and oxygen atoms in total. The summed E-state index contributed by atoms with van der Waals surface area (Å²) in [6.45, 7) is 6.07. The van der Waals surface area contributed by atoms with Gasteiger partial charge in [-0.25, -0.2) is 0 Å². The maximum atomic E-state index is 2.59. The van der Waals surface area contributed by atoms with Crippen molar-refractivity contribution in [3.63, 3.8) is 0 Å². The fourth-order valence-electron chi connectivity index (χ4n) is 3.32. The Kier molecular flexibility index (Phi) is 6.03. The number of nitrogens with zero attached hydrogens (tertiary/aromatic N) is 1. The van der Waals surface area contributed by atoms with E-state index in [4.69, 9.17) is 0 Å². The normalized spacial score (nSPS) is 17.0. The molecule has 0 N–H and O–H groups in total. The summed E-state index contributed by atoms with van der Waals surface area (Å²) in [7, 11) is 0. The molecular weight excluding hydrogens is 290 g/mol. The highest BCUT2D eigenvalue weighted by molar-refractivity contribution is 5.57. The van der Waals surface area contributed by atoms with Gasteiger partial charge in [-0.3, -0.25) is 0 Å². The van der Waals surface area contributed by atoms with Crippen LogP contribution in [0, 0.1) is 0 Å². The van der Waals surface area contributed by atoms with Crippen LogP contribution in [0.2, 0.25) is 0 Å². The van der Waals surface area contributed by atoms with E-state index in [-0.39, 0.29) is 0 Å². The third-order valence-electron chi connectivity index (χ3n) is 4.70. The van der Waals surface area contributed by atoms with Crippen LogP contribution in [0.15, 0.2) is 66.7 Å². The Labute approximate surface area is 146 Å². The molecule has 0 aromatic heterocycles. The van der Waals surface area contributed by atoms with E-state index in [9.17, 15) is 0 Å². The van der Waals surface area contributed by atoms with Crippen molar-refractivity contribution in [1.82, 2.24) is 4.90 Å². The summed E-state index contributed by atoms with van der Waals surface area (Å²) in [6.07, 6.45) is 11.3. The maximum Gasteiger partial charge on any atom is 0.00476 e. The predicted octanol–water partition coefficient (Wildman–Crippen LogP) is 5.61. The second kappa shape index (κ2) is 8.65. The molecule has 1 unspecified atom stereocenters. The molecule has 1 heterocycles. The lowest BCUT2D eigenvalue weighted by Gasteiger charge is -2.20. The molecule has 1 atom stereocenters. The van der Waals surface area contributed by atoms with Crippen LogP contribution in [0.3, 0.4) is 0 Å². The lowest BCUT2D eigenvalue weighted by molar-refractivity contribution is 0.320. The van der Waals surface area contributed by atoms with Crippen molar-refractivity contribution in [3.8, 4) is 0 Å². The van der Waals surface area contributed by atoms with Gasteiger partial charge in [0.1, 0.15) is 0 Å². The van der Waals surface area contributed by atoms with Crippen molar-refractivity contribution in [2.75, 3.05) is 19.6 Å². The summed E-state index contributed by atoms with van der Waals surface area (Å²) in [6, 6.07) is 19.3. The van der Waals surface area contributed by atoms with Crippen molar-refractivity contribution in [3.05, 3.63) is 83.4 Å². The van der Waals surface area contributed by atoms with Gasteiger partial charge in [0, 0.05) is 6.54 Å². The summed E-state index contributed by atoms with van der Waals surface area (Å²) in [5.41, 5.74) is 3.95. The van der Waals surface area contributed by atoms with Crippen LogP contribution in [-0.2, 0) is 0 Å². The first-order chi connectivity index (χ1) is 11.8. The van der Waals surface area contributed by atoms with Crippen LogP contribution < -0.4 is 0 Å². The summed E-state index contributed by atoms with van der Waals surface area (Å²) in [5, 5.41) is 0. The molecule has 2 aromatic carbocycles. The highest BCUT2D eigenvalue weighted by Crippen LogP contribution is 2.20. The molecule has 1 fully saturated rings. The zero-order valence-corrected chi connectivity index (χ0v) is 14.6. The third kappa shape index (κ3) is 4.94. The molecule has 0 radical (unpaired) electrons. The number of hydrogen-bond acceptors (Lipinski definition) is 1. The second-order valence-electron chi connectivity index (χ2n) is 6.71. The summed E-state index contributed by atoms with van der Waals surface area (Å²) < 4.78 is 0. The number of likely N-dealkylation sites (tertiary alicyclic amines) is 1. The van der Waals surface area contributed by atoms with Gasteiger partial charge in [-0.2, -0.15) is 0 Å². The topological polar surface area (TPSA) is 3.24 Å². The van der Waals surface area contributed by atoms with Crippen molar-refractivity contribution >= 4 is 12.2 Å². The summed E-state index contributed by atoms with van der Waals surface area (Å²) >= 11 is 0. The summed E-state index contributed by atoms with van der Waals surface area (Å²) in [5.74, 6) is 0.594. The van der Waals surface area contributed by atoms with E-state index in [1.807, 2.05) is 6.07 Å². The van der Waals surface area contributed by atoms with Crippen LogP contribution in [-0.4, -0.2) is 24.5 Å². The van der Waals surface area contributed by atoms with Crippen molar-refractivity contribution in [2.24, 2.45) is 0 Å². The largest absolute Gasteiger partial charge is 0.303 e. The number of allylic oxidation sites excluding steroid dienone is 2. The van der Waals surface area contributed by atoms with Gasteiger partial charge in [-0.1, -0.05) is 85.8 Å². The van der Waals surface area contributed by atoms with Gasteiger partial charge in [0.05, 0.1) is 0 Å². The van der Waals surface area contributed by atoms with E-state index >= 15 is 0 Å². The van der Waals surface area contributed by atoms with Gasteiger partial charge < -0.3 is 4.90 Å². The Morgan fingerprint density at radius 3 is 2.29 bits per heavy atom. The van der Waals surface area contributed by atoms with Crippen molar-refractivity contribution < 1.29 is 0 Å². The molecule has 0 spiro atoms. The fourth-order valence-corrected chi connectivity index (χ4v) is 3.32. The Bertz CT molecular complexity index is 678. The molecular formula is C23H27N. The first-order valence-corrected chi connectivity index (χ1v) is 9.03. The zero-order valence-electron chi connectivity index (χ0n) is 14.6. The second-order valence-corrected chi connectivity index (χ2v) is 6.71. The Morgan fingerprint density at radius 2 is 1.54 bits per heavy atom. The average molecular weight is 317 g/mol. The molecule has 0 amide bonds. The van der Waals surface area contributed by atoms with Crippen LogP contribution in [0.25, 0.3) is 12.2 Å². The Balaban J connectivity index is 1.60. The molecule has 1 heteroatoms. The van der Waals surface area contributed by atoms with Gasteiger partial charge in [0.15, 0.2) is 0 Å². The van der Waals surface area contributed by atoms with Gasteiger partial charge in [-0.15, -0.1) is 0 Å². The van der Waals surface area contributed by atoms with E-state index in [2.05, 4.69) is 84.7 Å². The van der Waals surface area contributed by atoms with Crippen molar-refractivity contribution in [1.29, 1.82) is 0 Å². The smallest absolute Gasteiger partial charge is 0.00476 e. The third-order valence-corrected chi connectivity index (χ3v) is 4.70. The molecule has 3 rings (SSSR count). The molecule has 1 aliphatic heterocycles. The van der Waals surface area contributed by atoms with Gasteiger partial charge in [-0.05, 0) is 48.5 Å². The lowest BCUT2D eigenvalue weighted by atomic mass is 9.98. The summed E-state index contributed by atoms with van der Waals surface area (Å²) in [4.78, 5) is 2.59. The predicted molar refractivity (Wildman–Crippen MR) is 105 cm³/mol. The van der Waals surface area contributed by atoms with Crippen LogP contribution in [0.1, 0.15) is 42.4 Å². The van der Waals surface area contributed by atoms with Crippen LogP contribution in [0.5, 0.6) is 0 Å². The molecule has 2 aromatic rings. The van der Waals surface area contributed by atoms with Crippen LogP contribution in [0.4, 0.5) is 0 Å². The zero-order chi connectivity index (χ0) is 16.6. The first-order valence-electron chi connectivity index (χ1n) is 9.03. The van der Waals surface area contributed by atoms with Crippen molar-refractivity contribution in [2.45, 2.75) is 25.7 Å². The highest BCUT2D eigenvalue weighted by Gasteiger charge is 2.15. The van der Waals surface area contributed by atoms with E-state index in [0.717, 1.165) is 0 Å². The van der Waals surface area contributed by atoms with Crippen LogP contribution >= 0.6 is 0 Å². The van der Waals surface area contributed by atoms with Gasteiger partial charge in [0.2, 0.25) is 0 Å².